The lowest BCUT2D eigenvalue weighted by molar-refractivity contribution is 0.286. The van der Waals surface area contributed by atoms with E-state index < -0.39 is 0 Å². The molecule has 0 saturated heterocycles. The minimum absolute atomic E-state index is 0.638. The second-order valence-electron chi connectivity index (χ2n) is 6.55. The summed E-state index contributed by atoms with van der Waals surface area (Å²) < 4.78 is 0. The Balaban J connectivity index is 1.71. The van der Waals surface area contributed by atoms with Gasteiger partial charge in [-0.25, -0.2) is 0 Å². The molecular formula is C18H29N. The van der Waals surface area contributed by atoms with Gasteiger partial charge in [0, 0.05) is 12.1 Å². The zero-order valence-corrected chi connectivity index (χ0v) is 12.8. The molecule has 1 aliphatic carbocycles. The molecule has 1 atom stereocenters. The lowest BCUT2D eigenvalue weighted by Gasteiger charge is -2.29. The Morgan fingerprint density at radius 2 is 1.95 bits per heavy atom. The molecule has 106 valence electrons. The molecule has 1 aliphatic rings. The van der Waals surface area contributed by atoms with Gasteiger partial charge < -0.3 is 5.32 Å². The summed E-state index contributed by atoms with van der Waals surface area (Å²) in [6, 6.07) is 10.3. The maximum Gasteiger partial charge on any atom is 0.00697 e. The lowest BCUT2D eigenvalue weighted by atomic mass is 9.87. The van der Waals surface area contributed by atoms with Crippen molar-refractivity contribution in [3.8, 4) is 0 Å². The predicted octanol–water partition coefficient (Wildman–Crippen LogP) is 4.48. The highest BCUT2D eigenvalue weighted by molar-refractivity contribution is 5.22. The van der Waals surface area contributed by atoms with Crippen LogP contribution in [0.3, 0.4) is 0 Å². The van der Waals surface area contributed by atoms with Gasteiger partial charge in [-0.3, -0.25) is 0 Å². The fraction of sp³-hybridized carbons (Fsp3) is 0.667. The molecule has 0 amide bonds. The highest BCUT2D eigenvalue weighted by Crippen LogP contribution is 2.24. The molecule has 1 fully saturated rings. The highest BCUT2D eigenvalue weighted by Gasteiger charge is 2.19. The number of hydrogen-bond donors (Lipinski definition) is 1. The summed E-state index contributed by atoms with van der Waals surface area (Å²) in [4.78, 5) is 0. The van der Waals surface area contributed by atoms with Crippen LogP contribution in [0, 0.1) is 12.8 Å². The van der Waals surface area contributed by atoms with Crippen molar-refractivity contribution in [1.29, 1.82) is 0 Å². The zero-order valence-electron chi connectivity index (χ0n) is 12.8. The first-order valence-corrected chi connectivity index (χ1v) is 7.95. The molecule has 1 unspecified atom stereocenters. The van der Waals surface area contributed by atoms with Gasteiger partial charge in [0.2, 0.25) is 0 Å². The van der Waals surface area contributed by atoms with Gasteiger partial charge in [0.05, 0.1) is 0 Å². The fourth-order valence-corrected chi connectivity index (χ4v) is 3.16. The van der Waals surface area contributed by atoms with Gasteiger partial charge in [-0.05, 0) is 63.9 Å². The lowest BCUT2D eigenvalue weighted by Crippen LogP contribution is -2.39. The molecule has 1 heteroatoms. The summed E-state index contributed by atoms with van der Waals surface area (Å²) in [5.41, 5.74) is 2.85. The van der Waals surface area contributed by atoms with E-state index in [1.54, 1.807) is 0 Å². The Morgan fingerprint density at radius 1 is 1.21 bits per heavy atom. The van der Waals surface area contributed by atoms with E-state index in [2.05, 4.69) is 50.4 Å². The van der Waals surface area contributed by atoms with Gasteiger partial charge in [0.25, 0.3) is 0 Å². The monoisotopic (exact) mass is 259 g/mol. The molecule has 0 spiro atoms. The van der Waals surface area contributed by atoms with Gasteiger partial charge in [0.1, 0.15) is 0 Å². The first kappa shape index (κ1) is 14.6. The van der Waals surface area contributed by atoms with Crippen LogP contribution in [0.25, 0.3) is 0 Å². The second-order valence-corrected chi connectivity index (χ2v) is 6.55. The van der Waals surface area contributed by atoms with Crippen LogP contribution in [0.4, 0.5) is 0 Å². The zero-order chi connectivity index (χ0) is 13.7. The molecular weight excluding hydrogens is 230 g/mol. The molecule has 1 saturated carbocycles. The van der Waals surface area contributed by atoms with Crippen LogP contribution in [0.2, 0.25) is 0 Å². The van der Waals surface area contributed by atoms with Crippen molar-refractivity contribution >= 4 is 0 Å². The summed E-state index contributed by atoms with van der Waals surface area (Å²) in [7, 11) is 0. The van der Waals surface area contributed by atoms with E-state index in [1.165, 1.54) is 49.7 Å². The minimum atomic E-state index is 0.638. The van der Waals surface area contributed by atoms with Crippen LogP contribution in [-0.2, 0) is 6.42 Å². The Morgan fingerprint density at radius 3 is 2.63 bits per heavy atom. The van der Waals surface area contributed by atoms with Crippen LogP contribution in [0.5, 0.6) is 0 Å². The molecule has 0 aromatic heterocycles. The summed E-state index contributed by atoms with van der Waals surface area (Å²) in [5.74, 6) is 0.945. The topological polar surface area (TPSA) is 12.0 Å². The summed E-state index contributed by atoms with van der Waals surface area (Å²) in [5, 5.41) is 3.82. The second kappa shape index (κ2) is 7.09. The first-order chi connectivity index (χ1) is 9.13. The number of benzene rings is 1. The van der Waals surface area contributed by atoms with Gasteiger partial charge in [-0.1, -0.05) is 36.8 Å². The number of hydrogen-bond acceptors (Lipinski definition) is 1. The van der Waals surface area contributed by atoms with Gasteiger partial charge >= 0.3 is 0 Å². The summed E-state index contributed by atoms with van der Waals surface area (Å²) >= 11 is 0. The molecule has 0 heterocycles. The Kier molecular flexibility index (Phi) is 5.45. The van der Waals surface area contributed by atoms with E-state index in [4.69, 9.17) is 0 Å². The van der Waals surface area contributed by atoms with Crippen molar-refractivity contribution < 1.29 is 0 Å². The number of nitrogens with one attached hydrogen (secondary N) is 1. The van der Waals surface area contributed by atoms with E-state index in [1.807, 2.05) is 0 Å². The molecule has 19 heavy (non-hydrogen) atoms. The van der Waals surface area contributed by atoms with Crippen LogP contribution < -0.4 is 5.32 Å². The van der Waals surface area contributed by atoms with E-state index in [9.17, 15) is 0 Å². The van der Waals surface area contributed by atoms with Crippen LogP contribution in [0.1, 0.15) is 57.1 Å². The van der Waals surface area contributed by atoms with Crippen molar-refractivity contribution in [3.63, 3.8) is 0 Å². The first-order valence-electron chi connectivity index (χ1n) is 7.95. The average molecular weight is 259 g/mol. The van der Waals surface area contributed by atoms with Crippen molar-refractivity contribution in [3.05, 3.63) is 35.4 Å². The molecule has 2 rings (SSSR count). The van der Waals surface area contributed by atoms with Gasteiger partial charge in [0.15, 0.2) is 0 Å². The van der Waals surface area contributed by atoms with Crippen LogP contribution in [-0.4, -0.2) is 12.1 Å². The molecule has 0 aliphatic heterocycles. The predicted molar refractivity (Wildman–Crippen MR) is 83.5 cm³/mol. The molecule has 1 N–H and O–H groups in total. The minimum Gasteiger partial charge on any atom is -0.311 e. The maximum absolute atomic E-state index is 3.82. The smallest absolute Gasteiger partial charge is 0.00697 e. The quantitative estimate of drug-likeness (QED) is 0.822. The highest BCUT2D eigenvalue weighted by atomic mass is 14.9. The molecule has 1 aromatic carbocycles. The third-order valence-corrected chi connectivity index (χ3v) is 4.48. The van der Waals surface area contributed by atoms with E-state index >= 15 is 0 Å². The standard InChI is InChI=1S/C18H29N/c1-14-7-11-18(12-8-14)19-16(3)9-10-17-6-4-5-15(2)13-17/h4-6,13-14,16,18-19H,7-12H2,1-3H3. The van der Waals surface area contributed by atoms with Crippen molar-refractivity contribution in [1.82, 2.24) is 5.32 Å². The SMILES string of the molecule is Cc1cccc(CCC(C)NC2CCC(C)CC2)c1. The number of rotatable bonds is 5. The summed E-state index contributed by atoms with van der Waals surface area (Å²) in [6.45, 7) is 6.90. The van der Waals surface area contributed by atoms with Crippen molar-refractivity contribution in [2.75, 3.05) is 0 Å². The van der Waals surface area contributed by atoms with Crippen LogP contribution in [0.15, 0.2) is 24.3 Å². The van der Waals surface area contributed by atoms with Crippen molar-refractivity contribution in [2.45, 2.75) is 71.4 Å². The van der Waals surface area contributed by atoms with Gasteiger partial charge in [-0.15, -0.1) is 0 Å². The Bertz CT molecular complexity index is 377. The summed E-state index contributed by atoms with van der Waals surface area (Å²) in [6.07, 6.45) is 7.99. The van der Waals surface area contributed by atoms with Crippen LogP contribution >= 0.6 is 0 Å². The average Bonchev–Trinajstić information content (AvgIpc) is 2.39. The van der Waals surface area contributed by atoms with Gasteiger partial charge in [-0.2, -0.15) is 0 Å². The van der Waals surface area contributed by atoms with Crippen molar-refractivity contribution in [2.24, 2.45) is 5.92 Å². The normalized spacial score (nSPS) is 25.2. The largest absolute Gasteiger partial charge is 0.311 e. The molecule has 1 aromatic rings. The third kappa shape index (κ3) is 4.99. The third-order valence-electron chi connectivity index (χ3n) is 4.48. The van der Waals surface area contributed by atoms with E-state index in [-0.39, 0.29) is 0 Å². The molecule has 0 radical (unpaired) electrons. The maximum atomic E-state index is 3.82. The number of aryl methyl sites for hydroxylation is 2. The Labute approximate surface area is 118 Å². The Hall–Kier alpha value is -0.820. The fourth-order valence-electron chi connectivity index (χ4n) is 3.16. The van der Waals surface area contributed by atoms with E-state index in [0.29, 0.717) is 6.04 Å². The van der Waals surface area contributed by atoms with E-state index in [0.717, 1.165) is 12.0 Å². The molecule has 0 bridgehead atoms. The molecule has 1 nitrogen and oxygen atoms in total.